The maximum atomic E-state index is 5.22. The van der Waals surface area contributed by atoms with Gasteiger partial charge in [-0.1, -0.05) is 0 Å². The van der Waals surface area contributed by atoms with Gasteiger partial charge < -0.3 is 10.1 Å². The van der Waals surface area contributed by atoms with E-state index in [1.807, 2.05) is 11.8 Å². The van der Waals surface area contributed by atoms with Crippen molar-refractivity contribution in [1.29, 1.82) is 0 Å². The zero-order valence-corrected chi connectivity index (χ0v) is 9.53. The highest BCUT2D eigenvalue weighted by molar-refractivity contribution is 7.98. The lowest BCUT2D eigenvalue weighted by molar-refractivity contribution is 0.0175. The van der Waals surface area contributed by atoms with Crippen molar-refractivity contribution >= 4 is 11.8 Å². The molecule has 0 spiro atoms. The summed E-state index contributed by atoms with van der Waals surface area (Å²) in [6.07, 6.45) is 7.77. The average molecular weight is 203 g/mol. The minimum Gasteiger partial charge on any atom is -0.381 e. The summed E-state index contributed by atoms with van der Waals surface area (Å²) >= 11 is 1.94. The minimum atomic E-state index is 0.531. The first-order valence-electron chi connectivity index (χ1n) is 5.12. The van der Waals surface area contributed by atoms with Gasteiger partial charge in [-0.25, -0.2) is 0 Å². The molecule has 0 saturated heterocycles. The van der Waals surface area contributed by atoms with Crippen LogP contribution in [0.2, 0.25) is 0 Å². The molecule has 0 aromatic carbocycles. The van der Waals surface area contributed by atoms with Gasteiger partial charge in [0, 0.05) is 13.2 Å². The minimum absolute atomic E-state index is 0.531. The van der Waals surface area contributed by atoms with Crippen molar-refractivity contribution in [2.45, 2.75) is 37.8 Å². The van der Waals surface area contributed by atoms with Gasteiger partial charge in [-0.3, -0.25) is 0 Å². The van der Waals surface area contributed by atoms with Crippen LogP contribution in [0.25, 0.3) is 0 Å². The Morgan fingerprint density at radius 3 is 2.77 bits per heavy atom. The summed E-state index contributed by atoms with van der Waals surface area (Å²) in [6, 6.07) is 0.735. The van der Waals surface area contributed by atoms with Gasteiger partial charge in [-0.15, -0.1) is 0 Å². The van der Waals surface area contributed by atoms with Crippen molar-refractivity contribution in [2.75, 3.05) is 25.7 Å². The van der Waals surface area contributed by atoms with E-state index in [1.165, 1.54) is 38.0 Å². The van der Waals surface area contributed by atoms with E-state index in [4.69, 9.17) is 4.74 Å². The van der Waals surface area contributed by atoms with Gasteiger partial charge in [-0.2, -0.15) is 11.8 Å². The second-order valence-electron chi connectivity index (χ2n) is 3.68. The Labute approximate surface area is 85.8 Å². The molecule has 1 aliphatic rings. The van der Waals surface area contributed by atoms with E-state index < -0.39 is 0 Å². The Balaban J connectivity index is 1.80. The number of nitrogens with one attached hydrogen (secondary N) is 1. The Morgan fingerprint density at radius 2 is 2.15 bits per heavy atom. The normalized spacial score (nSPS) is 27.2. The lowest BCUT2D eigenvalue weighted by Gasteiger charge is -2.34. The van der Waals surface area contributed by atoms with Crippen LogP contribution < -0.4 is 5.32 Å². The van der Waals surface area contributed by atoms with Crippen molar-refractivity contribution < 1.29 is 4.74 Å². The first-order valence-corrected chi connectivity index (χ1v) is 6.51. The molecule has 13 heavy (non-hydrogen) atoms. The molecule has 0 unspecified atom stereocenters. The second-order valence-corrected chi connectivity index (χ2v) is 4.67. The zero-order valence-electron chi connectivity index (χ0n) is 8.71. The number of hydrogen-bond acceptors (Lipinski definition) is 3. The lowest BCUT2D eigenvalue weighted by atomic mass is 9.89. The molecule has 1 aliphatic carbocycles. The van der Waals surface area contributed by atoms with E-state index in [-0.39, 0.29) is 0 Å². The molecule has 1 saturated carbocycles. The summed E-state index contributed by atoms with van der Waals surface area (Å²) in [7, 11) is 1.80. The molecule has 3 heteroatoms. The van der Waals surface area contributed by atoms with E-state index in [2.05, 4.69) is 11.6 Å². The van der Waals surface area contributed by atoms with E-state index in [1.54, 1.807) is 7.11 Å². The molecule has 0 aromatic rings. The van der Waals surface area contributed by atoms with Crippen molar-refractivity contribution in [3.63, 3.8) is 0 Å². The molecule has 0 amide bonds. The quantitative estimate of drug-likeness (QED) is 0.639. The van der Waals surface area contributed by atoms with Crippen LogP contribution in [0, 0.1) is 0 Å². The highest BCUT2D eigenvalue weighted by atomic mass is 32.2. The first kappa shape index (κ1) is 11.3. The van der Waals surface area contributed by atoms with Crippen LogP contribution in [-0.2, 0) is 4.74 Å². The molecule has 78 valence electrons. The molecular formula is C10H21NOS. The number of hydrogen-bond donors (Lipinski definition) is 1. The van der Waals surface area contributed by atoms with Crippen molar-refractivity contribution in [2.24, 2.45) is 0 Å². The number of rotatable bonds is 7. The van der Waals surface area contributed by atoms with Gasteiger partial charge >= 0.3 is 0 Å². The Hall–Kier alpha value is 0.270. The molecule has 0 aliphatic heterocycles. The van der Waals surface area contributed by atoms with Crippen molar-refractivity contribution in [3.05, 3.63) is 0 Å². The third-order valence-corrected chi connectivity index (χ3v) is 3.33. The van der Waals surface area contributed by atoms with Crippen LogP contribution in [0.5, 0.6) is 0 Å². The predicted molar refractivity (Wildman–Crippen MR) is 59.4 cm³/mol. The monoisotopic (exact) mass is 203 g/mol. The SMILES string of the molecule is COC1CC(NCCCCSC)C1. The largest absolute Gasteiger partial charge is 0.381 e. The van der Waals surface area contributed by atoms with Crippen LogP contribution in [-0.4, -0.2) is 37.8 Å². The molecule has 0 heterocycles. The summed E-state index contributed by atoms with van der Waals surface area (Å²) in [5.41, 5.74) is 0. The molecule has 1 N–H and O–H groups in total. The fourth-order valence-corrected chi connectivity index (χ4v) is 2.10. The maximum Gasteiger partial charge on any atom is 0.0601 e. The topological polar surface area (TPSA) is 21.3 Å². The molecule has 0 aromatic heterocycles. The van der Waals surface area contributed by atoms with Crippen LogP contribution in [0.4, 0.5) is 0 Å². The van der Waals surface area contributed by atoms with Crippen LogP contribution in [0.1, 0.15) is 25.7 Å². The average Bonchev–Trinajstić information content (AvgIpc) is 2.08. The molecule has 1 fully saturated rings. The highest BCUT2D eigenvalue weighted by Crippen LogP contribution is 2.22. The number of methoxy groups -OCH3 is 1. The summed E-state index contributed by atoms with van der Waals surface area (Å²) in [5.74, 6) is 1.30. The number of ether oxygens (including phenoxy) is 1. The number of unbranched alkanes of at least 4 members (excludes halogenated alkanes) is 1. The van der Waals surface area contributed by atoms with E-state index >= 15 is 0 Å². The molecule has 0 bridgehead atoms. The molecule has 2 nitrogen and oxygen atoms in total. The fourth-order valence-electron chi connectivity index (χ4n) is 1.60. The Kier molecular flexibility index (Phi) is 5.83. The van der Waals surface area contributed by atoms with Gasteiger partial charge in [0.15, 0.2) is 0 Å². The van der Waals surface area contributed by atoms with Crippen LogP contribution >= 0.6 is 11.8 Å². The number of thioether (sulfide) groups is 1. The molecular weight excluding hydrogens is 182 g/mol. The summed E-state index contributed by atoms with van der Waals surface area (Å²) in [6.45, 7) is 1.18. The second kappa shape index (κ2) is 6.68. The zero-order chi connectivity index (χ0) is 9.52. The van der Waals surface area contributed by atoms with Gasteiger partial charge in [0.25, 0.3) is 0 Å². The summed E-state index contributed by atoms with van der Waals surface area (Å²) in [4.78, 5) is 0. The molecule has 0 atom stereocenters. The van der Waals surface area contributed by atoms with Crippen molar-refractivity contribution in [1.82, 2.24) is 5.32 Å². The maximum absolute atomic E-state index is 5.22. The van der Waals surface area contributed by atoms with Gasteiger partial charge in [0.05, 0.1) is 6.10 Å². The van der Waals surface area contributed by atoms with E-state index in [9.17, 15) is 0 Å². The van der Waals surface area contributed by atoms with Crippen LogP contribution in [0.3, 0.4) is 0 Å². The van der Waals surface area contributed by atoms with E-state index in [0.29, 0.717) is 6.10 Å². The highest BCUT2D eigenvalue weighted by Gasteiger charge is 2.27. The third-order valence-electron chi connectivity index (χ3n) is 2.64. The Morgan fingerprint density at radius 1 is 1.38 bits per heavy atom. The fraction of sp³-hybridized carbons (Fsp3) is 1.00. The summed E-state index contributed by atoms with van der Waals surface area (Å²) in [5, 5.41) is 3.55. The molecule has 0 radical (unpaired) electrons. The third kappa shape index (κ3) is 4.34. The van der Waals surface area contributed by atoms with Crippen molar-refractivity contribution in [3.8, 4) is 0 Å². The Bertz CT molecular complexity index is 126. The molecule has 1 rings (SSSR count). The van der Waals surface area contributed by atoms with Gasteiger partial charge in [-0.05, 0) is 44.2 Å². The van der Waals surface area contributed by atoms with Gasteiger partial charge in [0.1, 0.15) is 0 Å². The summed E-state index contributed by atoms with van der Waals surface area (Å²) < 4.78 is 5.22. The standard InChI is InChI=1S/C10H21NOS/c1-12-10-7-9(8-10)11-5-3-4-6-13-2/h9-11H,3-8H2,1-2H3. The first-order chi connectivity index (χ1) is 6.36. The lowest BCUT2D eigenvalue weighted by Crippen LogP contribution is -2.45. The van der Waals surface area contributed by atoms with E-state index in [0.717, 1.165) is 6.04 Å². The van der Waals surface area contributed by atoms with Gasteiger partial charge in [0.2, 0.25) is 0 Å². The predicted octanol–water partition coefficient (Wildman–Crippen LogP) is 1.90. The smallest absolute Gasteiger partial charge is 0.0601 e. The van der Waals surface area contributed by atoms with Crippen LogP contribution in [0.15, 0.2) is 0 Å².